The number of allylic oxidation sites excluding steroid dienone is 1. The van der Waals surface area contributed by atoms with Gasteiger partial charge in [0.2, 0.25) is 0 Å². The molecule has 0 aliphatic carbocycles. The fourth-order valence-corrected chi connectivity index (χ4v) is 2.13. The van der Waals surface area contributed by atoms with Crippen LogP contribution in [0.4, 0.5) is 0 Å². The number of hydrogen-bond acceptors (Lipinski definition) is 1. The van der Waals surface area contributed by atoms with Gasteiger partial charge in [0.05, 0.1) is 0 Å². The molecule has 0 radical (unpaired) electrons. The van der Waals surface area contributed by atoms with Gasteiger partial charge in [-0.15, -0.1) is 0 Å². The maximum absolute atomic E-state index is 10.5. The topological polar surface area (TPSA) is 37.3 Å². The SMILES string of the molecule is CCCCCCC/C=C\c1ccc(CCC(=O)O)cc1. The van der Waals surface area contributed by atoms with Gasteiger partial charge in [-0.1, -0.05) is 69.0 Å². The molecule has 1 aromatic rings. The number of carbonyl (C=O) groups is 1. The highest BCUT2D eigenvalue weighted by Crippen LogP contribution is 2.10. The Bertz CT molecular complexity index is 404. The largest absolute Gasteiger partial charge is 0.481 e. The number of carboxylic acids is 1. The van der Waals surface area contributed by atoms with Crippen LogP contribution in [0, 0.1) is 0 Å². The highest BCUT2D eigenvalue weighted by atomic mass is 16.4. The van der Waals surface area contributed by atoms with Gasteiger partial charge in [-0.05, 0) is 30.4 Å². The monoisotopic (exact) mass is 274 g/mol. The zero-order chi connectivity index (χ0) is 14.6. The fraction of sp³-hybridized carbons (Fsp3) is 0.500. The summed E-state index contributed by atoms with van der Waals surface area (Å²) in [5.74, 6) is -0.739. The van der Waals surface area contributed by atoms with Crippen molar-refractivity contribution in [3.63, 3.8) is 0 Å². The third kappa shape index (κ3) is 7.78. The molecule has 0 saturated carbocycles. The Morgan fingerprint density at radius 1 is 1.10 bits per heavy atom. The van der Waals surface area contributed by atoms with Gasteiger partial charge in [-0.25, -0.2) is 0 Å². The third-order valence-corrected chi connectivity index (χ3v) is 3.39. The third-order valence-electron chi connectivity index (χ3n) is 3.39. The van der Waals surface area contributed by atoms with Gasteiger partial charge in [-0.3, -0.25) is 4.79 Å². The van der Waals surface area contributed by atoms with Crippen molar-refractivity contribution in [2.75, 3.05) is 0 Å². The number of aliphatic carboxylic acids is 1. The van der Waals surface area contributed by atoms with Crippen molar-refractivity contribution in [1.29, 1.82) is 0 Å². The average Bonchev–Trinajstić information content (AvgIpc) is 2.45. The maximum Gasteiger partial charge on any atom is 0.303 e. The summed E-state index contributed by atoms with van der Waals surface area (Å²) in [7, 11) is 0. The van der Waals surface area contributed by atoms with Gasteiger partial charge >= 0.3 is 5.97 Å². The Morgan fingerprint density at radius 2 is 1.80 bits per heavy atom. The van der Waals surface area contributed by atoms with Crippen molar-refractivity contribution in [3.8, 4) is 0 Å². The minimum atomic E-state index is -0.739. The summed E-state index contributed by atoms with van der Waals surface area (Å²) < 4.78 is 0. The van der Waals surface area contributed by atoms with E-state index >= 15 is 0 Å². The van der Waals surface area contributed by atoms with Gasteiger partial charge in [0.1, 0.15) is 0 Å². The molecule has 0 heterocycles. The minimum Gasteiger partial charge on any atom is -0.481 e. The lowest BCUT2D eigenvalue weighted by Gasteiger charge is -2.00. The molecule has 0 atom stereocenters. The van der Waals surface area contributed by atoms with E-state index in [1.54, 1.807) is 0 Å². The Morgan fingerprint density at radius 3 is 2.45 bits per heavy atom. The molecular formula is C18H26O2. The molecule has 0 spiro atoms. The Kier molecular flexibility index (Phi) is 8.44. The highest BCUT2D eigenvalue weighted by Gasteiger charge is 1.98. The molecule has 0 aliphatic heterocycles. The fourth-order valence-electron chi connectivity index (χ4n) is 2.13. The second-order valence-corrected chi connectivity index (χ2v) is 5.24. The number of benzene rings is 1. The first-order valence-electron chi connectivity index (χ1n) is 7.69. The van der Waals surface area contributed by atoms with E-state index in [2.05, 4.69) is 31.2 Å². The van der Waals surface area contributed by atoms with E-state index in [9.17, 15) is 4.79 Å². The van der Waals surface area contributed by atoms with E-state index in [4.69, 9.17) is 5.11 Å². The van der Waals surface area contributed by atoms with Gasteiger partial charge in [0.15, 0.2) is 0 Å². The lowest BCUT2D eigenvalue weighted by atomic mass is 10.1. The van der Waals surface area contributed by atoms with Crippen molar-refractivity contribution in [2.24, 2.45) is 0 Å². The molecule has 0 amide bonds. The van der Waals surface area contributed by atoms with Gasteiger partial charge in [-0.2, -0.15) is 0 Å². The molecule has 0 fully saturated rings. The normalized spacial score (nSPS) is 11.1. The molecule has 0 aliphatic rings. The average molecular weight is 274 g/mol. The summed E-state index contributed by atoms with van der Waals surface area (Å²) in [5, 5.41) is 8.64. The van der Waals surface area contributed by atoms with Crippen molar-refractivity contribution < 1.29 is 9.90 Å². The van der Waals surface area contributed by atoms with Crippen molar-refractivity contribution in [1.82, 2.24) is 0 Å². The summed E-state index contributed by atoms with van der Waals surface area (Å²) in [6.07, 6.45) is 12.9. The van der Waals surface area contributed by atoms with E-state index in [1.165, 1.54) is 37.7 Å². The van der Waals surface area contributed by atoms with Crippen LogP contribution in [0.2, 0.25) is 0 Å². The van der Waals surface area contributed by atoms with Crippen LogP contribution in [0.15, 0.2) is 30.3 Å². The van der Waals surface area contributed by atoms with E-state index in [-0.39, 0.29) is 6.42 Å². The van der Waals surface area contributed by atoms with Crippen LogP contribution in [0.5, 0.6) is 0 Å². The smallest absolute Gasteiger partial charge is 0.303 e. The summed E-state index contributed by atoms with van der Waals surface area (Å²) in [6.45, 7) is 2.24. The number of carboxylic acid groups (broad SMARTS) is 1. The van der Waals surface area contributed by atoms with Crippen LogP contribution in [-0.4, -0.2) is 11.1 Å². The van der Waals surface area contributed by atoms with E-state index in [1.807, 2.05) is 12.1 Å². The molecule has 20 heavy (non-hydrogen) atoms. The Hall–Kier alpha value is -1.57. The van der Waals surface area contributed by atoms with E-state index in [0.717, 1.165) is 12.0 Å². The first kappa shape index (κ1) is 16.5. The molecule has 0 bridgehead atoms. The first-order valence-corrected chi connectivity index (χ1v) is 7.69. The number of unbranched alkanes of at least 4 members (excludes halogenated alkanes) is 5. The number of hydrogen-bond donors (Lipinski definition) is 1. The lowest BCUT2D eigenvalue weighted by molar-refractivity contribution is -0.136. The molecule has 1 N–H and O–H groups in total. The van der Waals surface area contributed by atoms with Crippen molar-refractivity contribution >= 4 is 12.0 Å². The number of rotatable bonds is 10. The van der Waals surface area contributed by atoms with Gasteiger partial charge in [0, 0.05) is 6.42 Å². The van der Waals surface area contributed by atoms with Gasteiger partial charge in [0.25, 0.3) is 0 Å². The summed E-state index contributed by atoms with van der Waals surface area (Å²) in [4.78, 5) is 10.5. The molecule has 0 aromatic heterocycles. The molecular weight excluding hydrogens is 248 g/mol. The number of aryl methyl sites for hydroxylation is 1. The van der Waals surface area contributed by atoms with Crippen LogP contribution in [0.1, 0.15) is 63.0 Å². The molecule has 110 valence electrons. The molecule has 0 saturated heterocycles. The molecule has 1 rings (SSSR count). The van der Waals surface area contributed by atoms with Crippen LogP contribution in [0.3, 0.4) is 0 Å². The standard InChI is InChI=1S/C18H26O2/c1-2-3-4-5-6-7-8-9-16-10-12-17(13-11-16)14-15-18(19)20/h8-13H,2-7,14-15H2,1H3,(H,19,20)/b9-8-. The zero-order valence-corrected chi connectivity index (χ0v) is 12.5. The summed E-state index contributed by atoms with van der Waals surface area (Å²) in [6, 6.07) is 8.16. The predicted octanol–water partition coefficient (Wildman–Crippen LogP) is 5.08. The minimum absolute atomic E-state index is 0.201. The summed E-state index contributed by atoms with van der Waals surface area (Å²) in [5.41, 5.74) is 2.28. The molecule has 2 heteroatoms. The van der Waals surface area contributed by atoms with E-state index < -0.39 is 5.97 Å². The van der Waals surface area contributed by atoms with Crippen molar-refractivity contribution in [3.05, 3.63) is 41.5 Å². The van der Waals surface area contributed by atoms with Crippen LogP contribution < -0.4 is 0 Å². The zero-order valence-electron chi connectivity index (χ0n) is 12.5. The predicted molar refractivity (Wildman–Crippen MR) is 84.8 cm³/mol. The quantitative estimate of drug-likeness (QED) is 0.604. The van der Waals surface area contributed by atoms with Gasteiger partial charge < -0.3 is 5.11 Å². The van der Waals surface area contributed by atoms with Crippen LogP contribution in [0.25, 0.3) is 6.08 Å². The van der Waals surface area contributed by atoms with Crippen LogP contribution in [-0.2, 0) is 11.2 Å². The molecule has 0 unspecified atom stereocenters. The lowest BCUT2D eigenvalue weighted by Crippen LogP contribution is -1.97. The Balaban J connectivity index is 2.25. The molecule has 2 nitrogen and oxygen atoms in total. The van der Waals surface area contributed by atoms with E-state index in [0.29, 0.717) is 6.42 Å². The summed E-state index contributed by atoms with van der Waals surface area (Å²) >= 11 is 0. The second-order valence-electron chi connectivity index (χ2n) is 5.24. The van der Waals surface area contributed by atoms with Crippen molar-refractivity contribution in [2.45, 2.75) is 58.3 Å². The molecule has 1 aromatic carbocycles. The van der Waals surface area contributed by atoms with Crippen LogP contribution >= 0.6 is 0 Å². The second kappa shape index (κ2) is 10.2. The Labute approximate surface area is 122 Å². The first-order chi connectivity index (χ1) is 9.72. The highest BCUT2D eigenvalue weighted by molar-refractivity contribution is 5.67. The maximum atomic E-state index is 10.5.